The summed E-state index contributed by atoms with van der Waals surface area (Å²) in [4.78, 5) is 21.7. The number of hydrogen-bond acceptors (Lipinski definition) is 6. The van der Waals surface area contributed by atoms with Crippen LogP contribution in [0.4, 0.5) is 4.39 Å². The summed E-state index contributed by atoms with van der Waals surface area (Å²) in [5.74, 6) is 0.416. The van der Waals surface area contributed by atoms with E-state index < -0.39 is 0 Å². The highest BCUT2D eigenvalue weighted by Crippen LogP contribution is 2.31. The molecule has 0 bridgehead atoms. The van der Waals surface area contributed by atoms with Gasteiger partial charge < -0.3 is 4.57 Å². The van der Waals surface area contributed by atoms with E-state index in [4.69, 9.17) is 5.10 Å². The molecule has 0 N–H and O–H groups in total. The van der Waals surface area contributed by atoms with Crippen LogP contribution in [0.3, 0.4) is 0 Å². The fourth-order valence-electron chi connectivity index (χ4n) is 3.58. The topological polar surface area (TPSA) is 90.9 Å². The van der Waals surface area contributed by atoms with Crippen molar-refractivity contribution in [2.45, 2.75) is 13.3 Å². The van der Waals surface area contributed by atoms with E-state index in [1.807, 2.05) is 30.7 Å². The molecule has 0 amide bonds. The van der Waals surface area contributed by atoms with Crippen LogP contribution < -0.4 is 0 Å². The van der Waals surface area contributed by atoms with E-state index in [2.05, 4.69) is 20.2 Å². The number of ketones is 1. The maximum atomic E-state index is 13.4. The molecular weight excluding hydrogens is 409 g/mol. The predicted octanol–water partition coefficient (Wildman–Crippen LogP) is 3.46. The second kappa shape index (κ2) is 7.77. The lowest BCUT2D eigenvalue weighted by atomic mass is 10.1. The Morgan fingerprint density at radius 3 is 2.59 bits per heavy atom. The van der Waals surface area contributed by atoms with Crippen molar-refractivity contribution >= 4 is 11.4 Å². The number of aryl methyl sites for hydroxylation is 1. The van der Waals surface area contributed by atoms with Gasteiger partial charge in [0.1, 0.15) is 17.3 Å². The third-order valence-corrected chi connectivity index (χ3v) is 5.30. The largest absolute Gasteiger partial charge is 0.330 e. The van der Waals surface area contributed by atoms with Crippen molar-refractivity contribution in [3.05, 3.63) is 84.0 Å². The molecule has 4 aromatic heterocycles. The Morgan fingerprint density at radius 2 is 1.84 bits per heavy atom. The molecule has 4 heterocycles. The molecule has 0 saturated heterocycles. The van der Waals surface area contributed by atoms with E-state index in [-0.39, 0.29) is 18.0 Å². The number of hydrogen-bond donors (Lipinski definition) is 0. The maximum absolute atomic E-state index is 13.4. The van der Waals surface area contributed by atoms with Crippen molar-refractivity contribution in [2.24, 2.45) is 7.05 Å². The Hall–Kier alpha value is -4.27. The van der Waals surface area contributed by atoms with E-state index in [0.717, 1.165) is 22.8 Å². The van der Waals surface area contributed by atoms with Crippen molar-refractivity contribution < 1.29 is 9.18 Å². The number of aromatic nitrogens is 7. The normalized spacial score (nSPS) is 11.2. The number of rotatable bonds is 5. The van der Waals surface area contributed by atoms with Crippen molar-refractivity contribution in [2.75, 3.05) is 0 Å². The lowest BCUT2D eigenvalue weighted by Gasteiger charge is -2.07. The third-order valence-electron chi connectivity index (χ3n) is 5.30. The van der Waals surface area contributed by atoms with Gasteiger partial charge in [-0.2, -0.15) is 15.3 Å². The molecule has 0 aliphatic carbocycles. The Labute approximate surface area is 182 Å². The third kappa shape index (κ3) is 3.53. The van der Waals surface area contributed by atoms with Crippen LogP contribution in [0.1, 0.15) is 21.9 Å². The smallest absolute Gasteiger partial charge is 0.170 e. The van der Waals surface area contributed by atoms with Crippen LogP contribution in [0.2, 0.25) is 0 Å². The van der Waals surface area contributed by atoms with Gasteiger partial charge in [0.2, 0.25) is 0 Å². The van der Waals surface area contributed by atoms with Gasteiger partial charge in [0.15, 0.2) is 11.4 Å². The zero-order valence-electron chi connectivity index (χ0n) is 17.4. The lowest BCUT2D eigenvalue weighted by molar-refractivity contribution is 0.0991. The van der Waals surface area contributed by atoms with Crippen LogP contribution in [0, 0.1) is 12.7 Å². The van der Waals surface area contributed by atoms with Gasteiger partial charge in [0.25, 0.3) is 0 Å². The van der Waals surface area contributed by atoms with Crippen molar-refractivity contribution in [1.82, 2.24) is 34.3 Å². The first-order chi connectivity index (χ1) is 15.5. The number of carbonyl (C=O) groups excluding carboxylic acids is 1. The SMILES string of the molecule is Cc1nc(-c2ccc(F)cc2)c(-c2ccc3nc(CC(=O)c4ccnnc4)cn3n2)n1C. The quantitative estimate of drug-likeness (QED) is 0.399. The minimum Gasteiger partial charge on any atom is -0.330 e. The molecule has 8 nitrogen and oxygen atoms in total. The molecule has 0 fully saturated rings. The van der Waals surface area contributed by atoms with Crippen LogP contribution in [0.15, 0.2) is 61.1 Å². The first-order valence-electron chi connectivity index (χ1n) is 9.94. The van der Waals surface area contributed by atoms with Gasteiger partial charge in [-0.25, -0.2) is 18.9 Å². The average Bonchev–Trinajstić information content (AvgIpc) is 3.34. The molecule has 0 atom stereocenters. The molecule has 0 unspecified atom stereocenters. The van der Waals surface area contributed by atoms with E-state index in [1.165, 1.54) is 24.5 Å². The highest BCUT2D eigenvalue weighted by Gasteiger charge is 2.18. The first kappa shape index (κ1) is 19.7. The minimum absolute atomic E-state index is 0.0932. The maximum Gasteiger partial charge on any atom is 0.170 e. The van der Waals surface area contributed by atoms with Crippen molar-refractivity contribution in [3.63, 3.8) is 0 Å². The van der Waals surface area contributed by atoms with Crippen molar-refractivity contribution in [1.29, 1.82) is 0 Å². The van der Waals surface area contributed by atoms with Gasteiger partial charge in [0.05, 0.1) is 42.1 Å². The number of fused-ring (bicyclic) bond motifs is 1. The fourth-order valence-corrected chi connectivity index (χ4v) is 3.58. The summed E-state index contributed by atoms with van der Waals surface area (Å²) in [5.41, 5.74) is 4.74. The van der Waals surface area contributed by atoms with Gasteiger partial charge >= 0.3 is 0 Å². The van der Waals surface area contributed by atoms with Gasteiger partial charge in [0, 0.05) is 18.2 Å². The first-order valence-corrected chi connectivity index (χ1v) is 9.94. The van der Waals surface area contributed by atoms with Gasteiger partial charge in [-0.15, -0.1) is 0 Å². The zero-order chi connectivity index (χ0) is 22.2. The Balaban J connectivity index is 1.52. The average molecular weight is 427 g/mol. The van der Waals surface area contributed by atoms with Crippen LogP contribution in [-0.4, -0.2) is 40.1 Å². The summed E-state index contributed by atoms with van der Waals surface area (Å²) in [7, 11) is 1.91. The molecule has 0 aliphatic rings. The monoisotopic (exact) mass is 427 g/mol. The predicted molar refractivity (Wildman–Crippen MR) is 115 cm³/mol. The number of halogens is 1. The molecule has 5 aromatic rings. The molecule has 0 spiro atoms. The molecule has 0 aliphatic heterocycles. The highest BCUT2D eigenvalue weighted by molar-refractivity contribution is 5.96. The van der Waals surface area contributed by atoms with Gasteiger partial charge in [-0.1, -0.05) is 0 Å². The Morgan fingerprint density at radius 1 is 1.03 bits per heavy atom. The standard InChI is InChI=1S/C23H18FN7O/c1-14-27-22(15-3-5-17(24)6-4-15)23(30(14)2)19-7-8-21-28-18(13-31(21)29-19)11-20(32)16-9-10-25-26-12-16/h3-10,12-13H,11H2,1-2H3. The van der Waals surface area contributed by atoms with E-state index >= 15 is 0 Å². The summed E-state index contributed by atoms with van der Waals surface area (Å²) >= 11 is 0. The summed E-state index contributed by atoms with van der Waals surface area (Å²) in [6.45, 7) is 1.91. The molecule has 158 valence electrons. The van der Waals surface area contributed by atoms with Crippen LogP contribution >= 0.6 is 0 Å². The second-order valence-corrected chi connectivity index (χ2v) is 7.41. The molecule has 1 aromatic carbocycles. The number of nitrogens with zero attached hydrogens (tertiary/aromatic N) is 7. The lowest BCUT2D eigenvalue weighted by Crippen LogP contribution is -2.04. The van der Waals surface area contributed by atoms with E-state index in [0.29, 0.717) is 22.6 Å². The van der Waals surface area contributed by atoms with Gasteiger partial charge in [-0.3, -0.25) is 4.79 Å². The molecule has 0 saturated carbocycles. The molecule has 5 rings (SSSR count). The van der Waals surface area contributed by atoms with Crippen LogP contribution in [-0.2, 0) is 13.5 Å². The second-order valence-electron chi connectivity index (χ2n) is 7.41. The summed E-state index contributed by atoms with van der Waals surface area (Å²) in [6.07, 6.45) is 4.80. The zero-order valence-corrected chi connectivity index (χ0v) is 17.4. The Bertz CT molecular complexity index is 1440. The van der Waals surface area contributed by atoms with E-state index in [9.17, 15) is 9.18 Å². The number of carbonyl (C=O) groups is 1. The molecule has 0 radical (unpaired) electrons. The Kier molecular flexibility index (Phi) is 4.78. The van der Waals surface area contributed by atoms with Crippen molar-refractivity contribution in [3.8, 4) is 22.6 Å². The van der Waals surface area contributed by atoms with Crippen LogP contribution in [0.25, 0.3) is 28.3 Å². The summed E-state index contributed by atoms with van der Waals surface area (Å²) in [6, 6.07) is 11.6. The number of benzene rings is 1. The van der Waals surface area contributed by atoms with E-state index in [1.54, 1.807) is 28.9 Å². The number of imidazole rings is 2. The fraction of sp³-hybridized carbons (Fsp3) is 0.130. The number of Topliss-reactive ketones (excluding diaryl/α,β-unsaturated/α-hetero) is 1. The summed E-state index contributed by atoms with van der Waals surface area (Å²) < 4.78 is 17.0. The molecular formula is C23H18FN7O. The minimum atomic E-state index is -0.300. The molecule has 32 heavy (non-hydrogen) atoms. The van der Waals surface area contributed by atoms with Crippen LogP contribution in [0.5, 0.6) is 0 Å². The molecule has 9 heteroatoms. The summed E-state index contributed by atoms with van der Waals surface area (Å²) in [5, 5.41) is 12.1. The van der Waals surface area contributed by atoms with Gasteiger partial charge in [-0.05, 0) is 49.4 Å². The highest BCUT2D eigenvalue weighted by atomic mass is 19.1.